The Kier molecular flexibility index (Phi) is 3.78. The van der Waals surface area contributed by atoms with Crippen molar-refractivity contribution in [1.29, 1.82) is 0 Å². The molecule has 6 nitrogen and oxygen atoms in total. The lowest BCUT2D eigenvalue weighted by molar-refractivity contribution is -0.114. The summed E-state index contributed by atoms with van der Waals surface area (Å²) in [4.78, 5) is 20.3. The average Bonchev–Trinajstić information content (AvgIpc) is 3.09. The number of hydrogen-bond acceptors (Lipinski definition) is 5. The van der Waals surface area contributed by atoms with Gasteiger partial charge in [0.1, 0.15) is 0 Å². The Morgan fingerprint density at radius 2 is 1.64 bits per heavy atom. The van der Waals surface area contributed by atoms with Crippen LogP contribution >= 0.6 is 0 Å². The first-order valence-electron chi connectivity index (χ1n) is 7.81. The molecule has 124 valence electrons. The van der Waals surface area contributed by atoms with Crippen molar-refractivity contribution >= 4 is 11.9 Å². The van der Waals surface area contributed by atoms with Crippen LogP contribution in [0.15, 0.2) is 54.6 Å². The third-order valence-electron chi connectivity index (χ3n) is 3.75. The molecule has 0 saturated heterocycles. The van der Waals surface area contributed by atoms with Crippen LogP contribution < -0.4 is 14.8 Å². The quantitative estimate of drug-likeness (QED) is 0.794. The Labute approximate surface area is 144 Å². The summed E-state index contributed by atoms with van der Waals surface area (Å²) < 4.78 is 10.8. The average molecular weight is 333 g/mol. The van der Waals surface area contributed by atoms with Crippen LogP contribution in [0, 0.1) is 0 Å². The predicted octanol–water partition coefficient (Wildman–Crippen LogP) is 3.50. The molecule has 0 aliphatic carbocycles. The van der Waals surface area contributed by atoms with Gasteiger partial charge in [0, 0.05) is 18.1 Å². The summed E-state index contributed by atoms with van der Waals surface area (Å²) in [6.45, 7) is 1.65. The Hall–Kier alpha value is -3.41. The van der Waals surface area contributed by atoms with Crippen molar-refractivity contribution in [3.63, 3.8) is 0 Å². The van der Waals surface area contributed by atoms with E-state index in [0.29, 0.717) is 17.2 Å². The van der Waals surface area contributed by atoms with E-state index in [1.807, 2.05) is 54.6 Å². The number of nitrogens with zero attached hydrogens (tertiary/aromatic N) is 2. The summed E-state index contributed by atoms with van der Waals surface area (Å²) in [5.41, 5.74) is 3.22. The number of rotatable bonds is 3. The fraction of sp³-hybridized carbons (Fsp3) is 0.105. The van der Waals surface area contributed by atoms with E-state index in [4.69, 9.17) is 9.47 Å². The first kappa shape index (κ1) is 15.1. The number of amides is 1. The lowest BCUT2D eigenvalue weighted by Crippen LogP contribution is -2.10. The van der Waals surface area contributed by atoms with Crippen LogP contribution in [0.3, 0.4) is 0 Å². The molecule has 0 unspecified atom stereocenters. The summed E-state index contributed by atoms with van der Waals surface area (Å²) in [7, 11) is 0. The van der Waals surface area contributed by atoms with E-state index in [9.17, 15) is 4.79 Å². The molecule has 1 amide bonds. The van der Waals surface area contributed by atoms with Gasteiger partial charge in [-0.3, -0.25) is 10.1 Å². The van der Waals surface area contributed by atoms with Crippen molar-refractivity contribution in [2.75, 3.05) is 12.1 Å². The van der Waals surface area contributed by atoms with Crippen molar-refractivity contribution < 1.29 is 14.3 Å². The number of carbonyl (C=O) groups is 1. The van der Waals surface area contributed by atoms with Gasteiger partial charge in [0.2, 0.25) is 18.6 Å². The summed E-state index contributed by atoms with van der Waals surface area (Å²) >= 11 is 0. The highest BCUT2D eigenvalue weighted by molar-refractivity contribution is 5.87. The Morgan fingerprint density at radius 1 is 0.920 bits per heavy atom. The molecule has 4 rings (SSSR count). The number of anilines is 1. The fourth-order valence-electron chi connectivity index (χ4n) is 2.62. The molecule has 0 atom stereocenters. The first-order chi connectivity index (χ1) is 12.2. The second kappa shape index (κ2) is 6.24. The van der Waals surface area contributed by atoms with Crippen LogP contribution in [-0.4, -0.2) is 22.7 Å². The highest BCUT2D eigenvalue weighted by atomic mass is 16.7. The molecule has 1 aromatic heterocycles. The van der Waals surface area contributed by atoms with Gasteiger partial charge >= 0.3 is 0 Å². The molecule has 1 aliphatic heterocycles. The number of nitrogens with one attached hydrogen (secondary N) is 1. The number of benzene rings is 2. The zero-order valence-corrected chi connectivity index (χ0v) is 13.5. The van der Waals surface area contributed by atoms with Crippen molar-refractivity contribution in [3.8, 4) is 34.0 Å². The molecule has 2 aromatic carbocycles. The van der Waals surface area contributed by atoms with Gasteiger partial charge in [0.25, 0.3) is 0 Å². The lowest BCUT2D eigenvalue weighted by Gasteiger charge is -2.09. The topological polar surface area (TPSA) is 73.3 Å². The maximum absolute atomic E-state index is 11.4. The largest absolute Gasteiger partial charge is 0.454 e. The van der Waals surface area contributed by atoms with E-state index in [1.54, 1.807) is 0 Å². The maximum atomic E-state index is 11.4. The molecule has 2 heterocycles. The minimum absolute atomic E-state index is 0.217. The first-order valence-corrected chi connectivity index (χ1v) is 7.81. The Bertz CT molecular complexity index is 942. The van der Waals surface area contributed by atoms with Crippen LogP contribution in [0.25, 0.3) is 22.5 Å². The highest BCUT2D eigenvalue weighted by Crippen LogP contribution is 2.36. The molecule has 0 saturated carbocycles. The van der Waals surface area contributed by atoms with Gasteiger partial charge in [0.05, 0.1) is 11.4 Å². The zero-order valence-electron chi connectivity index (χ0n) is 13.5. The van der Waals surface area contributed by atoms with E-state index in [-0.39, 0.29) is 18.6 Å². The van der Waals surface area contributed by atoms with Crippen molar-refractivity contribution in [1.82, 2.24) is 9.97 Å². The minimum atomic E-state index is -0.221. The van der Waals surface area contributed by atoms with Crippen LogP contribution in [0.5, 0.6) is 11.5 Å². The molecule has 0 bridgehead atoms. The molecular formula is C19H15N3O3. The van der Waals surface area contributed by atoms with E-state index >= 15 is 0 Å². The van der Waals surface area contributed by atoms with Gasteiger partial charge < -0.3 is 9.47 Å². The number of fused-ring (bicyclic) bond motifs is 1. The molecule has 0 radical (unpaired) electrons. The molecular weight excluding hydrogens is 318 g/mol. The molecule has 1 aliphatic rings. The van der Waals surface area contributed by atoms with Gasteiger partial charge in [-0.2, -0.15) is 0 Å². The fourth-order valence-corrected chi connectivity index (χ4v) is 2.62. The normalized spacial score (nSPS) is 12.0. The summed E-state index contributed by atoms with van der Waals surface area (Å²) in [6, 6.07) is 17.3. The Morgan fingerprint density at radius 3 is 2.40 bits per heavy atom. The predicted molar refractivity (Wildman–Crippen MR) is 93.3 cm³/mol. The number of hydrogen-bond donors (Lipinski definition) is 1. The summed E-state index contributed by atoms with van der Waals surface area (Å²) in [5, 5.41) is 2.66. The summed E-state index contributed by atoms with van der Waals surface area (Å²) in [5.74, 6) is 1.44. The molecule has 25 heavy (non-hydrogen) atoms. The lowest BCUT2D eigenvalue weighted by atomic mass is 10.1. The van der Waals surface area contributed by atoms with Crippen LogP contribution in [0.2, 0.25) is 0 Å². The van der Waals surface area contributed by atoms with Crippen LogP contribution in [0.1, 0.15) is 6.92 Å². The van der Waals surface area contributed by atoms with Crippen LogP contribution in [-0.2, 0) is 4.79 Å². The summed E-state index contributed by atoms with van der Waals surface area (Å²) in [6.07, 6.45) is 0. The molecule has 1 N–H and O–H groups in total. The molecule has 6 heteroatoms. The van der Waals surface area contributed by atoms with Gasteiger partial charge in [-0.25, -0.2) is 9.97 Å². The molecule has 3 aromatic rings. The third kappa shape index (κ3) is 3.14. The molecule has 0 spiro atoms. The van der Waals surface area contributed by atoms with Crippen molar-refractivity contribution in [3.05, 3.63) is 54.6 Å². The van der Waals surface area contributed by atoms with E-state index < -0.39 is 0 Å². The number of carbonyl (C=O) groups excluding carboxylic acids is 1. The standard InChI is InChI=1S/C19H15N3O3/c1-12(23)20-19-21-15(13-5-3-2-4-6-13)10-16(22-19)14-7-8-17-18(9-14)25-11-24-17/h2-10H,11H2,1H3,(H,20,21,22,23). The van der Waals surface area contributed by atoms with Crippen molar-refractivity contribution in [2.45, 2.75) is 6.92 Å². The van der Waals surface area contributed by atoms with Gasteiger partial charge in [-0.05, 0) is 24.3 Å². The Balaban J connectivity index is 1.82. The van der Waals surface area contributed by atoms with E-state index in [1.165, 1.54) is 6.92 Å². The second-order valence-corrected chi connectivity index (χ2v) is 5.58. The van der Waals surface area contributed by atoms with E-state index in [2.05, 4.69) is 15.3 Å². The second-order valence-electron chi connectivity index (χ2n) is 5.58. The number of ether oxygens (including phenoxy) is 2. The smallest absolute Gasteiger partial charge is 0.231 e. The van der Waals surface area contributed by atoms with Crippen LogP contribution in [0.4, 0.5) is 5.95 Å². The SMILES string of the molecule is CC(=O)Nc1nc(-c2ccccc2)cc(-c2ccc3c(c2)OCO3)n1. The van der Waals surface area contributed by atoms with E-state index in [0.717, 1.165) is 16.8 Å². The van der Waals surface area contributed by atoms with Gasteiger partial charge in [-0.1, -0.05) is 30.3 Å². The molecule has 0 fully saturated rings. The van der Waals surface area contributed by atoms with Gasteiger partial charge in [0.15, 0.2) is 11.5 Å². The third-order valence-corrected chi connectivity index (χ3v) is 3.75. The number of aromatic nitrogens is 2. The monoisotopic (exact) mass is 333 g/mol. The van der Waals surface area contributed by atoms with Gasteiger partial charge in [-0.15, -0.1) is 0 Å². The maximum Gasteiger partial charge on any atom is 0.231 e. The minimum Gasteiger partial charge on any atom is -0.454 e. The highest BCUT2D eigenvalue weighted by Gasteiger charge is 2.16. The zero-order chi connectivity index (χ0) is 17.2. The van der Waals surface area contributed by atoms with Crippen molar-refractivity contribution in [2.24, 2.45) is 0 Å².